The number of benzene rings is 2. The van der Waals surface area contributed by atoms with Gasteiger partial charge in [-0.1, -0.05) is 41.1 Å². The van der Waals surface area contributed by atoms with Crippen molar-refractivity contribution in [2.45, 2.75) is 32.7 Å². The summed E-state index contributed by atoms with van der Waals surface area (Å²) >= 11 is 0. The van der Waals surface area contributed by atoms with Crippen molar-refractivity contribution in [3.8, 4) is 22.8 Å². The van der Waals surface area contributed by atoms with Gasteiger partial charge in [-0.3, -0.25) is 4.79 Å². The molecular formula is C28H28FN5O2. The highest BCUT2D eigenvalue weighted by Crippen LogP contribution is 2.32. The molecule has 0 saturated carbocycles. The van der Waals surface area contributed by atoms with Crippen LogP contribution >= 0.6 is 0 Å². The molecule has 2 aromatic carbocycles. The Bertz CT molecular complexity index is 1350. The average Bonchev–Trinajstić information content (AvgIpc) is 3.39. The Balaban J connectivity index is 1.25. The molecule has 8 heteroatoms. The highest BCUT2D eigenvalue weighted by Gasteiger charge is 2.28. The fraction of sp³-hybridized carbons (Fsp3) is 0.286. The zero-order chi connectivity index (χ0) is 25.1. The molecule has 1 atom stereocenters. The molecule has 1 N–H and O–H groups in total. The minimum Gasteiger partial charge on any atom is -0.356 e. The van der Waals surface area contributed by atoms with Gasteiger partial charge in [0.2, 0.25) is 11.7 Å². The number of nitrogens with one attached hydrogen (secondary N) is 1. The van der Waals surface area contributed by atoms with Crippen LogP contribution in [0.25, 0.3) is 22.8 Å². The lowest BCUT2D eigenvalue weighted by molar-refractivity contribution is -0.126. The highest BCUT2D eigenvalue weighted by atomic mass is 19.1. The standard InChI is InChI=1S/C28H28FN5O2/c1-18-5-3-6-22(17-18)25-32-28(36-33-25)24-7-4-14-30-26(24)34-15-12-21(13-16-34)27(35)31-19(2)20-8-10-23(29)11-9-20/h3-11,14,17,19,21H,12-13,15-16H2,1-2H3,(H,31,35)/t19-/m0/s1. The summed E-state index contributed by atoms with van der Waals surface area (Å²) in [4.78, 5) is 24.3. The monoisotopic (exact) mass is 485 g/mol. The van der Waals surface area contributed by atoms with Crippen molar-refractivity contribution in [2.24, 2.45) is 5.92 Å². The SMILES string of the molecule is Cc1cccc(-c2noc(-c3cccnc3N3CCC(C(=O)N[C@@H](C)c4ccc(F)cc4)CC3)n2)c1. The van der Waals surface area contributed by atoms with Crippen LogP contribution in [0.3, 0.4) is 0 Å². The first-order chi connectivity index (χ1) is 17.5. The summed E-state index contributed by atoms with van der Waals surface area (Å²) in [6.45, 7) is 5.31. The molecule has 2 aromatic heterocycles. The van der Waals surface area contributed by atoms with Crippen molar-refractivity contribution in [3.05, 3.63) is 83.8 Å². The van der Waals surface area contributed by atoms with Gasteiger partial charge in [-0.05, 0) is 62.6 Å². The van der Waals surface area contributed by atoms with Gasteiger partial charge in [0.1, 0.15) is 11.6 Å². The van der Waals surface area contributed by atoms with E-state index in [-0.39, 0.29) is 23.7 Å². The van der Waals surface area contributed by atoms with E-state index in [1.54, 1.807) is 18.3 Å². The lowest BCUT2D eigenvalue weighted by Crippen LogP contribution is -2.41. The van der Waals surface area contributed by atoms with Gasteiger partial charge in [0.05, 0.1) is 11.6 Å². The Labute approximate surface area is 209 Å². The summed E-state index contributed by atoms with van der Waals surface area (Å²) in [5, 5.41) is 7.25. The molecule has 0 bridgehead atoms. The number of halogens is 1. The Kier molecular flexibility index (Phi) is 6.75. The molecule has 4 aromatic rings. The molecule has 0 aliphatic carbocycles. The quantitative estimate of drug-likeness (QED) is 0.397. The van der Waals surface area contributed by atoms with Gasteiger partial charge in [-0.15, -0.1) is 0 Å². The molecule has 1 aliphatic rings. The molecule has 36 heavy (non-hydrogen) atoms. The topological polar surface area (TPSA) is 84.2 Å². The maximum absolute atomic E-state index is 13.2. The molecule has 1 saturated heterocycles. The van der Waals surface area contributed by atoms with Gasteiger partial charge in [0, 0.05) is 30.8 Å². The van der Waals surface area contributed by atoms with Crippen molar-refractivity contribution in [1.82, 2.24) is 20.4 Å². The van der Waals surface area contributed by atoms with Crippen LogP contribution in [0.5, 0.6) is 0 Å². The second-order valence-electron chi connectivity index (χ2n) is 9.21. The lowest BCUT2D eigenvalue weighted by atomic mass is 9.95. The second kappa shape index (κ2) is 10.3. The van der Waals surface area contributed by atoms with Crippen LogP contribution in [-0.2, 0) is 4.79 Å². The number of hydrogen-bond donors (Lipinski definition) is 1. The number of carbonyl (C=O) groups excluding carboxylic acids is 1. The number of carbonyl (C=O) groups is 1. The van der Waals surface area contributed by atoms with Crippen LogP contribution in [-0.4, -0.2) is 34.1 Å². The predicted octanol–water partition coefficient (Wildman–Crippen LogP) is 5.34. The van der Waals surface area contributed by atoms with E-state index >= 15 is 0 Å². The smallest absolute Gasteiger partial charge is 0.261 e. The normalized spacial score (nSPS) is 15.0. The first-order valence-electron chi connectivity index (χ1n) is 12.1. The van der Waals surface area contributed by atoms with E-state index in [1.807, 2.05) is 50.2 Å². The maximum atomic E-state index is 13.2. The molecular weight excluding hydrogens is 457 g/mol. The highest BCUT2D eigenvalue weighted by molar-refractivity contribution is 5.79. The van der Waals surface area contributed by atoms with Gasteiger partial charge in [0.25, 0.3) is 5.89 Å². The first kappa shape index (κ1) is 23.7. The summed E-state index contributed by atoms with van der Waals surface area (Å²) in [5.74, 6) is 1.37. The van der Waals surface area contributed by atoms with E-state index < -0.39 is 0 Å². The zero-order valence-corrected chi connectivity index (χ0v) is 20.3. The van der Waals surface area contributed by atoms with Gasteiger partial charge in [0.15, 0.2) is 0 Å². The fourth-order valence-corrected chi connectivity index (χ4v) is 4.57. The molecule has 1 amide bonds. The van der Waals surface area contributed by atoms with Crippen molar-refractivity contribution in [2.75, 3.05) is 18.0 Å². The van der Waals surface area contributed by atoms with Crippen LogP contribution in [0.2, 0.25) is 0 Å². The number of rotatable bonds is 6. The predicted molar refractivity (Wildman–Crippen MR) is 136 cm³/mol. The molecule has 0 spiro atoms. The van der Waals surface area contributed by atoms with Crippen molar-refractivity contribution in [3.63, 3.8) is 0 Å². The van der Waals surface area contributed by atoms with Crippen molar-refractivity contribution in [1.29, 1.82) is 0 Å². The summed E-state index contributed by atoms with van der Waals surface area (Å²) in [5.41, 5.74) is 3.68. The summed E-state index contributed by atoms with van der Waals surface area (Å²) < 4.78 is 18.8. The molecule has 5 rings (SSSR count). The number of amides is 1. The maximum Gasteiger partial charge on any atom is 0.261 e. The molecule has 0 radical (unpaired) electrons. The van der Waals surface area contributed by atoms with Gasteiger partial charge < -0.3 is 14.7 Å². The Morgan fingerprint density at radius 3 is 2.64 bits per heavy atom. The van der Waals surface area contributed by atoms with Crippen LogP contribution < -0.4 is 10.2 Å². The van der Waals surface area contributed by atoms with Gasteiger partial charge in [-0.2, -0.15) is 4.98 Å². The first-order valence-corrected chi connectivity index (χ1v) is 12.1. The van der Waals surface area contributed by atoms with E-state index in [1.165, 1.54) is 12.1 Å². The Hall–Kier alpha value is -4.07. The van der Waals surface area contributed by atoms with E-state index in [4.69, 9.17) is 4.52 Å². The minimum absolute atomic E-state index is 0.0208. The van der Waals surface area contributed by atoms with Crippen LogP contribution in [0.4, 0.5) is 10.2 Å². The van der Waals surface area contributed by atoms with Crippen LogP contribution in [0.1, 0.15) is 36.9 Å². The third-order valence-electron chi connectivity index (χ3n) is 6.61. The van der Waals surface area contributed by atoms with Gasteiger partial charge >= 0.3 is 0 Å². The van der Waals surface area contributed by atoms with Crippen LogP contribution in [0, 0.1) is 18.7 Å². The number of hydrogen-bond acceptors (Lipinski definition) is 6. The van der Waals surface area contributed by atoms with E-state index in [9.17, 15) is 9.18 Å². The average molecular weight is 486 g/mol. The fourth-order valence-electron chi connectivity index (χ4n) is 4.57. The third kappa shape index (κ3) is 5.12. The summed E-state index contributed by atoms with van der Waals surface area (Å²) in [7, 11) is 0. The molecule has 1 aliphatic heterocycles. The van der Waals surface area contributed by atoms with Crippen LogP contribution in [0.15, 0.2) is 71.4 Å². The van der Waals surface area contributed by atoms with Crippen molar-refractivity contribution >= 4 is 11.7 Å². The molecule has 184 valence electrons. The number of anilines is 1. The third-order valence-corrected chi connectivity index (χ3v) is 6.61. The van der Waals surface area contributed by atoms with E-state index in [2.05, 4.69) is 25.3 Å². The number of pyridine rings is 1. The number of nitrogens with zero attached hydrogens (tertiary/aromatic N) is 4. The Morgan fingerprint density at radius 2 is 1.89 bits per heavy atom. The number of aryl methyl sites for hydroxylation is 1. The minimum atomic E-state index is -0.287. The summed E-state index contributed by atoms with van der Waals surface area (Å²) in [6, 6.07) is 17.8. The zero-order valence-electron chi connectivity index (χ0n) is 20.3. The molecule has 0 unspecified atom stereocenters. The summed E-state index contributed by atoms with van der Waals surface area (Å²) in [6.07, 6.45) is 3.16. The molecule has 7 nitrogen and oxygen atoms in total. The number of aromatic nitrogens is 3. The second-order valence-corrected chi connectivity index (χ2v) is 9.21. The van der Waals surface area contributed by atoms with E-state index in [0.717, 1.165) is 28.1 Å². The van der Waals surface area contributed by atoms with Gasteiger partial charge in [-0.25, -0.2) is 9.37 Å². The van der Waals surface area contributed by atoms with E-state index in [0.29, 0.717) is 37.6 Å². The van der Waals surface area contributed by atoms with Crippen molar-refractivity contribution < 1.29 is 13.7 Å². The molecule has 3 heterocycles. The Morgan fingerprint density at radius 1 is 1.11 bits per heavy atom. The largest absolute Gasteiger partial charge is 0.356 e. The molecule has 1 fully saturated rings. The number of piperidine rings is 1. The lowest BCUT2D eigenvalue weighted by Gasteiger charge is -2.33.